The molecular formula is C17H22N4O5. The van der Waals surface area contributed by atoms with Gasteiger partial charge in [0.25, 0.3) is 5.91 Å². The van der Waals surface area contributed by atoms with Crippen LogP contribution in [0.15, 0.2) is 18.2 Å². The Hall–Kier alpha value is -2.68. The van der Waals surface area contributed by atoms with Crippen LogP contribution in [0, 0.1) is 10.1 Å². The van der Waals surface area contributed by atoms with Gasteiger partial charge in [0, 0.05) is 49.9 Å². The van der Waals surface area contributed by atoms with Crippen LogP contribution >= 0.6 is 0 Å². The van der Waals surface area contributed by atoms with Gasteiger partial charge in [0.1, 0.15) is 0 Å². The summed E-state index contributed by atoms with van der Waals surface area (Å²) in [7, 11) is 1.34. The second-order valence-electron chi connectivity index (χ2n) is 6.45. The number of carbonyl (C=O) groups is 2. The van der Waals surface area contributed by atoms with E-state index in [0.717, 1.165) is 19.4 Å². The molecule has 0 radical (unpaired) electrons. The number of carbonyl (C=O) groups excluding carboxylic acids is 2. The molecule has 1 atom stereocenters. The van der Waals surface area contributed by atoms with E-state index >= 15 is 0 Å². The molecule has 26 heavy (non-hydrogen) atoms. The predicted octanol–water partition coefficient (Wildman–Crippen LogP) is 0.640. The molecule has 2 aliphatic rings. The maximum absolute atomic E-state index is 12.8. The van der Waals surface area contributed by atoms with E-state index in [1.54, 1.807) is 4.90 Å². The Balaban J connectivity index is 1.75. The molecule has 2 amide bonds. The number of nitrogens with one attached hydrogen (secondary N) is 1. The molecule has 0 bridgehead atoms. The minimum Gasteiger partial charge on any atom is -0.490 e. The zero-order valence-corrected chi connectivity index (χ0v) is 14.6. The summed E-state index contributed by atoms with van der Waals surface area (Å²) in [6.45, 7) is 2.83. The lowest BCUT2D eigenvalue weighted by molar-refractivity contribution is -0.385. The first-order chi connectivity index (χ1) is 12.5. The summed E-state index contributed by atoms with van der Waals surface area (Å²) >= 11 is 0. The Morgan fingerprint density at radius 1 is 1.38 bits per heavy atom. The van der Waals surface area contributed by atoms with E-state index in [2.05, 4.69) is 5.32 Å². The fraction of sp³-hybridized carbons (Fsp3) is 0.529. The molecule has 2 fully saturated rings. The van der Waals surface area contributed by atoms with Crippen LogP contribution < -0.4 is 10.1 Å². The minimum absolute atomic E-state index is 0.0160. The third-order valence-electron chi connectivity index (χ3n) is 4.87. The quantitative estimate of drug-likeness (QED) is 0.622. The number of piperidine rings is 1. The number of nitrogens with zero attached hydrogens (tertiary/aromatic N) is 3. The number of benzene rings is 1. The van der Waals surface area contributed by atoms with E-state index in [1.165, 1.54) is 25.3 Å². The molecule has 0 aliphatic carbocycles. The topological polar surface area (TPSA) is 105 Å². The molecule has 3 rings (SSSR count). The lowest BCUT2D eigenvalue weighted by Crippen LogP contribution is -2.57. The van der Waals surface area contributed by atoms with Gasteiger partial charge in [-0.05, 0) is 18.9 Å². The van der Waals surface area contributed by atoms with Crippen molar-refractivity contribution in [2.45, 2.75) is 18.9 Å². The molecule has 1 aromatic rings. The van der Waals surface area contributed by atoms with Crippen LogP contribution in [0.5, 0.6) is 5.75 Å². The summed E-state index contributed by atoms with van der Waals surface area (Å²) in [6.07, 6.45) is 1.69. The van der Waals surface area contributed by atoms with Crippen molar-refractivity contribution >= 4 is 17.5 Å². The molecule has 2 saturated heterocycles. The number of likely N-dealkylation sites (tertiary alicyclic amines) is 1. The number of amides is 2. The van der Waals surface area contributed by atoms with Gasteiger partial charge >= 0.3 is 5.69 Å². The molecule has 0 spiro atoms. The molecule has 9 nitrogen and oxygen atoms in total. The SMILES string of the molecule is COc1cc(C(=O)N2CCCC(N3CCNCC3=O)C2)ccc1[N+](=O)[O-]. The zero-order chi connectivity index (χ0) is 18.7. The summed E-state index contributed by atoms with van der Waals surface area (Å²) in [5.74, 6) is -0.0790. The van der Waals surface area contributed by atoms with Crippen LogP contribution in [0.3, 0.4) is 0 Å². The third-order valence-corrected chi connectivity index (χ3v) is 4.87. The van der Waals surface area contributed by atoms with Crippen LogP contribution in [0.25, 0.3) is 0 Å². The maximum atomic E-state index is 12.8. The second kappa shape index (κ2) is 7.69. The van der Waals surface area contributed by atoms with E-state index in [1.807, 2.05) is 4.90 Å². The number of nitro benzene ring substituents is 1. The van der Waals surface area contributed by atoms with Crippen LogP contribution in [-0.2, 0) is 4.79 Å². The average Bonchev–Trinajstić information content (AvgIpc) is 2.67. The molecule has 2 aliphatic heterocycles. The highest BCUT2D eigenvalue weighted by molar-refractivity contribution is 5.95. The molecule has 140 valence electrons. The van der Waals surface area contributed by atoms with Crippen molar-refractivity contribution in [1.29, 1.82) is 0 Å². The molecule has 9 heteroatoms. The monoisotopic (exact) mass is 362 g/mol. The summed E-state index contributed by atoms with van der Waals surface area (Å²) < 4.78 is 5.04. The van der Waals surface area contributed by atoms with Crippen molar-refractivity contribution in [3.63, 3.8) is 0 Å². The first kappa shape index (κ1) is 18.1. The van der Waals surface area contributed by atoms with Gasteiger partial charge < -0.3 is 19.9 Å². The molecule has 0 aromatic heterocycles. The highest BCUT2D eigenvalue weighted by Crippen LogP contribution is 2.28. The molecule has 0 saturated carbocycles. The Morgan fingerprint density at radius 3 is 2.88 bits per heavy atom. The summed E-state index contributed by atoms with van der Waals surface area (Å²) in [4.78, 5) is 39.0. The zero-order valence-electron chi connectivity index (χ0n) is 14.6. The fourth-order valence-corrected chi connectivity index (χ4v) is 3.54. The molecule has 2 heterocycles. The number of hydrogen-bond acceptors (Lipinski definition) is 6. The minimum atomic E-state index is -0.542. The fourth-order valence-electron chi connectivity index (χ4n) is 3.54. The van der Waals surface area contributed by atoms with Crippen molar-refractivity contribution in [3.8, 4) is 5.75 Å². The van der Waals surface area contributed by atoms with Crippen molar-refractivity contribution in [2.24, 2.45) is 0 Å². The Morgan fingerprint density at radius 2 is 2.19 bits per heavy atom. The summed E-state index contributed by atoms with van der Waals surface area (Å²) in [5.41, 5.74) is 0.173. The van der Waals surface area contributed by atoms with Gasteiger partial charge in [0.05, 0.1) is 18.6 Å². The van der Waals surface area contributed by atoms with Crippen LogP contribution in [0.2, 0.25) is 0 Å². The van der Waals surface area contributed by atoms with Crippen LogP contribution in [0.1, 0.15) is 23.2 Å². The van der Waals surface area contributed by atoms with Gasteiger partial charge in [-0.1, -0.05) is 0 Å². The van der Waals surface area contributed by atoms with Crippen molar-refractivity contribution < 1.29 is 19.2 Å². The molecular weight excluding hydrogens is 340 g/mol. The van der Waals surface area contributed by atoms with Gasteiger partial charge in [-0.3, -0.25) is 19.7 Å². The third kappa shape index (κ3) is 3.62. The molecule has 1 aromatic carbocycles. The standard InChI is InChI=1S/C17H22N4O5/c1-26-15-9-12(4-5-14(15)21(24)25)17(23)19-7-2-3-13(11-19)20-8-6-18-10-16(20)22/h4-5,9,13,18H,2-3,6-8,10-11H2,1H3. The van der Waals surface area contributed by atoms with E-state index in [9.17, 15) is 19.7 Å². The lowest BCUT2D eigenvalue weighted by Gasteiger charge is -2.41. The van der Waals surface area contributed by atoms with Gasteiger partial charge in [-0.2, -0.15) is 0 Å². The van der Waals surface area contributed by atoms with Gasteiger partial charge in [0.2, 0.25) is 5.91 Å². The number of ether oxygens (including phenoxy) is 1. The molecule has 1 unspecified atom stereocenters. The molecule has 1 N–H and O–H groups in total. The first-order valence-corrected chi connectivity index (χ1v) is 8.63. The first-order valence-electron chi connectivity index (χ1n) is 8.63. The van der Waals surface area contributed by atoms with Crippen molar-refractivity contribution in [2.75, 3.05) is 39.8 Å². The maximum Gasteiger partial charge on any atom is 0.310 e. The van der Waals surface area contributed by atoms with E-state index in [4.69, 9.17) is 4.74 Å². The van der Waals surface area contributed by atoms with Crippen LogP contribution in [0.4, 0.5) is 5.69 Å². The van der Waals surface area contributed by atoms with Gasteiger partial charge in [0.15, 0.2) is 5.75 Å². The van der Waals surface area contributed by atoms with Gasteiger partial charge in [-0.25, -0.2) is 0 Å². The van der Waals surface area contributed by atoms with E-state index < -0.39 is 4.92 Å². The van der Waals surface area contributed by atoms with E-state index in [-0.39, 0.29) is 29.3 Å². The van der Waals surface area contributed by atoms with Crippen LogP contribution in [-0.4, -0.2) is 72.4 Å². The number of piperazine rings is 1. The largest absolute Gasteiger partial charge is 0.490 e. The van der Waals surface area contributed by atoms with Crippen molar-refractivity contribution in [3.05, 3.63) is 33.9 Å². The number of methoxy groups -OCH3 is 1. The highest BCUT2D eigenvalue weighted by atomic mass is 16.6. The number of nitro groups is 1. The predicted molar refractivity (Wildman–Crippen MR) is 93.2 cm³/mol. The second-order valence-corrected chi connectivity index (χ2v) is 6.45. The summed E-state index contributed by atoms with van der Waals surface area (Å²) in [5, 5.41) is 14.0. The highest BCUT2D eigenvalue weighted by Gasteiger charge is 2.32. The Kier molecular flexibility index (Phi) is 5.36. The number of rotatable bonds is 4. The van der Waals surface area contributed by atoms with E-state index in [0.29, 0.717) is 31.7 Å². The summed E-state index contributed by atoms with van der Waals surface area (Å²) in [6, 6.07) is 4.15. The smallest absolute Gasteiger partial charge is 0.310 e. The Labute approximate surface area is 151 Å². The van der Waals surface area contributed by atoms with Crippen molar-refractivity contribution in [1.82, 2.24) is 15.1 Å². The van der Waals surface area contributed by atoms with Gasteiger partial charge in [-0.15, -0.1) is 0 Å². The average molecular weight is 362 g/mol. The Bertz CT molecular complexity index is 723. The lowest BCUT2D eigenvalue weighted by atomic mass is 10.0. The normalized spacial score (nSPS) is 20.8. The number of hydrogen-bond donors (Lipinski definition) is 1.